The zero-order valence-corrected chi connectivity index (χ0v) is 13.1. The number of H-pyrrole nitrogens is 1. The van der Waals surface area contributed by atoms with Crippen LogP contribution in [0.5, 0.6) is 5.75 Å². The minimum atomic E-state index is -0.492. The number of fused-ring (bicyclic) bond motifs is 1. The number of nitrogens with zero attached hydrogens (tertiary/aromatic N) is 2. The van der Waals surface area contributed by atoms with E-state index in [4.69, 9.17) is 4.74 Å². The lowest BCUT2D eigenvalue weighted by Crippen LogP contribution is -2.08. The molecule has 0 unspecified atom stereocenters. The highest BCUT2D eigenvalue weighted by atomic mass is 32.1. The van der Waals surface area contributed by atoms with Crippen molar-refractivity contribution >= 4 is 27.2 Å². The fourth-order valence-electron chi connectivity index (χ4n) is 2.16. The maximum atomic E-state index is 12.1. The monoisotopic (exact) mass is 331 g/mol. The molecule has 2 aromatic heterocycles. The maximum Gasteiger partial charge on any atom is 0.270 e. The molecule has 0 amide bonds. The number of nitro groups is 1. The summed E-state index contributed by atoms with van der Waals surface area (Å²) >= 11 is 1.30. The van der Waals surface area contributed by atoms with Gasteiger partial charge >= 0.3 is 0 Å². The van der Waals surface area contributed by atoms with Crippen LogP contribution in [-0.4, -0.2) is 21.5 Å². The fourth-order valence-corrected chi connectivity index (χ4v) is 2.88. The lowest BCUT2D eigenvalue weighted by molar-refractivity contribution is -0.384. The van der Waals surface area contributed by atoms with Crippen LogP contribution in [0.3, 0.4) is 0 Å². The molecule has 118 valence electrons. The van der Waals surface area contributed by atoms with Gasteiger partial charge in [0, 0.05) is 12.1 Å². The Labute approximate surface area is 134 Å². The Morgan fingerprint density at radius 3 is 2.96 bits per heavy atom. The standard InChI is InChI=1S/C15H13N3O4S/c1-2-6-22-12-4-3-9(18(20)21)8-10(12)14-16-11-5-7-23-13(11)15(19)17-14/h3-5,7-8H,2,6H2,1H3,(H,16,17,19). The number of thiophene rings is 1. The van der Waals surface area contributed by atoms with E-state index in [0.29, 0.717) is 28.1 Å². The van der Waals surface area contributed by atoms with Crippen molar-refractivity contribution in [2.45, 2.75) is 13.3 Å². The average Bonchev–Trinajstić information content (AvgIpc) is 3.01. The van der Waals surface area contributed by atoms with Crippen LogP contribution < -0.4 is 10.3 Å². The summed E-state index contributed by atoms with van der Waals surface area (Å²) < 4.78 is 6.15. The second-order valence-electron chi connectivity index (χ2n) is 4.84. The van der Waals surface area contributed by atoms with E-state index in [9.17, 15) is 14.9 Å². The lowest BCUT2D eigenvalue weighted by Gasteiger charge is -2.10. The number of benzene rings is 1. The van der Waals surface area contributed by atoms with Crippen LogP contribution in [0.4, 0.5) is 5.69 Å². The van der Waals surface area contributed by atoms with E-state index in [0.717, 1.165) is 6.42 Å². The second kappa shape index (κ2) is 6.17. The van der Waals surface area contributed by atoms with E-state index < -0.39 is 4.92 Å². The highest BCUT2D eigenvalue weighted by Gasteiger charge is 2.16. The largest absolute Gasteiger partial charge is 0.493 e. The molecule has 0 aliphatic carbocycles. The van der Waals surface area contributed by atoms with Crippen molar-refractivity contribution in [3.8, 4) is 17.1 Å². The lowest BCUT2D eigenvalue weighted by atomic mass is 10.1. The molecule has 7 nitrogen and oxygen atoms in total. The third-order valence-corrected chi connectivity index (χ3v) is 4.11. The van der Waals surface area contributed by atoms with E-state index in [1.54, 1.807) is 11.4 Å². The average molecular weight is 331 g/mol. The zero-order chi connectivity index (χ0) is 16.4. The van der Waals surface area contributed by atoms with Gasteiger partial charge in [-0.2, -0.15) is 0 Å². The number of hydrogen-bond donors (Lipinski definition) is 1. The van der Waals surface area contributed by atoms with Crippen LogP contribution in [0.1, 0.15) is 13.3 Å². The SMILES string of the molecule is CCCOc1ccc([N+](=O)[O-])cc1-c1nc2ccsc2c(=O)[nH]1. The minimum Gasteiger partial charge on any atom is -0.493 e. The zero-order valence-electron chi connectivity index (χ0n) is 12.2. The predicted molar refractivity (Wildman–Crippen MR) is 88.1 cm³/mol. The van der Waals surface area contributed by atoms with Gasteiger partial charge in [-0.05, 0) is 23.9 Å². The molecule has 0 saturated carbocycles. The predicted octanol–water partition coefficient (Wildman–Crippen LogP) is 3.35. The first kappa shape index (κ1) is 15.2. The smallest absolute Gasteiger partial charge is 0.270 e. The number of ether oxygens (including phenoxy) is 1. The Kier molecular flexibility index (Phi) is 4.07. The molecule has 1 N–H and O–H groups in total. The Bertz CT molecular complexity index is 932. The Balaban J connectivity index is 2.19. The first-order valence-corrected chi connectivity index (χ1v) is 7.87. The summed E-state index contributed by atoms with van der Waals surface area (Å²) in [4.78, 5) is 29.7. The second-order valence-corrected chi connectivity index (χ2v) is 5.75. The van der Waals surface area contributed by atoms with Crippen LogP contribution in [0, 0.1) is 10.1 Å². The first-order chi connectivity index (χ1) is 11.1. The Morgan fingerprint density at radius 1 is 1.39 bits per heavy atom. The van der Waals surface area contributed by atoms with E-state index in [1.807, 2.05) is 6.92 Å². The molecule has 0 bridgehead atoms. The Hall–Kier alpha value is -2.74. The van der Waals surface area contributed by atoms with Crippen molar-refractivity contribution in [2.75, 3.05) is 6.61 Å². The van der Waals surface area contributed by atoms with Crippen LogP contribution in [-0.2, 0) is 0 Å². The number of aromatic amines is 1. The molecule has 0 atom stereocenters. The first-order valence-electron chi connectivity index (χ1n) is 6.99. The van der Waals surface area contributed by atoms with Gasteiger partial charge in [-0.3, -0.25) is 14.9 Å². The number of rotatable bonds is 5. The van der Waals surface area contributed by atoms with E-state index >= 15 is 0 Å². The summed E-state index contributed by atoms with van der Waals surface area (Å²) in [6.45, 7) is 2.43. The number of nitrogens with one attached hydrogen (secondary N) is 1. The van der Waals surface area contributed by atoms with Gasteiger partial charge < -0.3 is 9.72 Å². The fraction of sp³-hybridized carbons (Fsp3) is 0.200. The van der Waals surface area contributed by atoms with Crippen molar-refractivity contribution in [1.29, 1.82) is 0 Å². The van der Waals surface area contributed by atoms with Crippen LogP contribution in [0.25, 0.3) is 21.6 Å². The van der Waals surface area contributed by atoms with Crippen molar-refractivity contribution in [1.82, 2.24) is 9.97 Å². The van der Waals surface area contributed by atoms with Gasteiger partial charge in [0.25, 0.3) is 11.2 Å². The molecular weight excluding hydrogens is 318 g/mol. The summed E-state index contributed by atoms with van der Waals surface area (Å²) in [6, 6.07) is 6.00. The topological polar surface area (TPSA) is 98.1 Å². The third kappa shape index (κ3) is 2.93. The minimum absolute atomic E-state index is 0.0862. The van der Waals surface area contributed by atoms with Gasteiger partial charge in [0.1, 0.15) is 16.3 Å². The van der Waals surface area contributed by atoms with E-state index in [2.05, 4.69) is 9.97 Å². The summed E-state index contributed by atoms with van der Waals surface area (Å²) in [6.07, 6.45) is 0.796. The number of nitro benzene ring substituents is 1. The van der Waals surface area contributed by atoms with Crippen molar-refractivity contribution in [3.63, 3.8) is 0 Å². The molecule has 2 heterocycles. The molecular formula is C15H13N3O4S. The van der Waals surface area contributed by atoms with Crippen molar-refractivity contribution in [2.24, 2.45) is 0 Å². The molecule has 0 spiro atoms. The van der Waals surface area contributed by atoms with E-state index in [1.165, 1.54) is 29.5 Å². The Morgan fingerprint density at radius 2 is 2.22 bits per heavy atom. The molecule has 0 aliphatic rings. The summed E-state index contributed by atoms with van der Waals surface area (Å²) in [5.74, 6) is 0.714. The van der Waals surface area contributed by atoms with Crippen LogP contribution >= 0.6 is 11.3 Å². The molecule has 23 heavy (non-hydrogen) atoms. The molecule has 0 fully saturated rings. The molecule has 0 saturated heterocycles. The van der Waals surface area contributed by atoms with Crippen molar-refractivity contribution in [3.05, 3.63) is 50.1 Å². The molecule has 0 radical (unpaired) electrons. The summed E-state index contributed by atoms with van der Waals surface area (Å²) in [5.41, 5.74) is 0.601. The maximum absolute atomic E-state index is 12.1. The van der Waals surface area contributed by atoms with Gasteiger partial charge in [0.2, 0.25) is 0 Å². The highest BCUT2D eigenvalue weighted by Crippen LogP contribution is 2.32. The van der Waals surface area contributed by atoms with Gasteiger partial charge in [-0.25, -0.2) is 4.98 Å². The van der Waals surface area contributed by atoms with Gasteiger partial charge in [-0.1, -0.05) is 6.92 Å². The van der Waals surface area contributed by atoms with E-state index in [-0.39, 0.29) is 17.1 Å². The third-order valence-electron chi connectivity index (χ3n) is 3.21. The highest BCUT2D eigenvalue weighted by molar-refractivity contribution is 7.17. The van der Waals surface area contributed by atoms with Gasteiger partial charge in [0.05, 0.1) is 22.6 Å². The number of non-ortho nitro benzene ring substituents is 1. The molecule has 0 aliphatic heterocycles. The molecule has 3 rings (SSSR count). The quantitative estimate of drug-likeness (QED) is 0.571. The van der Waals surface area contributed by atoms with Crippen LogP contribution in [0.2, 0.25) is 0 Å². The molecule has 3 aromatic rings. The summed E-state index contributed by atoms with van der Waals surface area (Å²) in [7, 11) is 0. The van der Waals surface area contributed by atoms with Crippen LogP contribution in [0.15, 0.2) is 34.4 Å². The number of hydrogen-bond acceptors (Lipinski definition) is 6. The molecule has 8 heteroatoms. The summed E-state index contributed by atoms with van der Waals surface area (Å²) in [5, 5.41) is 12.8. The van der Waals surface area contributed by atoms with Gasteiger partial charge in [0.15, 0.2) is 0 Å². The molecule has 1 aromatic carbocycles. The number of aromatic nitrogens is 2. The van der Waals surface area contributed by atoms with Gasteiger partial charge in [-0.15, -0.1) is 11.3 Å². The normalized spacial score (nSPS) is 10.8. The van der Waals surface area contributed by atoms with Crippen molar-refractivity contribution < 1.29 is 9.66 Å².